The highest BCUT2D eigenvalue weighted by molar-refractivity contribution is 6.03. The number of fused-ring (bicyclic) bond motifs is 3. The Labute approximate surface area is 349 Å². The topological polar surface area (TPSA) is 138 Å². The van der Waals surface area contributed by atoms with Crippen LogP contribution in [0, 0.1) is 17.8 Å². The third kappa shape index (κ3) is 9.99. The molecular formula is C47H62N2O10. The van der Waals surface area contributed by atoms with Gasteiger partial charge in [-0.1, -0.05) is 54.9 Å². The van der Waals surface area contributed by atoms with E-state index in [1.165, 1.54) is 0 Å². The second-order valence-electron chi connectivity index (χ2n) is 16.6. The minimum Gasteiger partial charge on any atom is -0.490 e. The van der Waals surface area contributed by atoms with E-state index >= 15 is 0 Å². The number of rotatable bonds is 21. The SMILES string of the molecule is C=CCCOC(=O)N(Cc1ccc2c(c1)OCO2)C1CC(=NOC(C)(C)C)C2=CC(CCCCO)C(CCCCO)C3c4cc(OCC=C)ccc4OC1(OCC=C)C23. The molecule has 2 aromatic carbocycles. The molecule has 0 aromatic heterocycles. The van der Waals surface area contributed by atoms with E-state index in [4.69, 9.17) is 38.4 Å². The summed E-state index contributed by atoms with van der Waals surface area (Å²) in [7, 11) is 0. The van der Waals surface area contributed by atoms with Crippen LogP contribution < -0.4 is 18.9 Å². The van der Waals surface area contributed by atoms with Gasteiger partial charge < -0.3 is 43.5 Å². The molecule has 0 spiro atoms. The Morgan fingerprint density at radius 3 is 2.42 bits per heavy atom. The zero-order valence-corrected chi connectivity index (χ0v) is 34.9. The number of aliphatic hydroxyl groups excluding tert-OH is 2. The maximum Gasteiger partial charge on any atom is 0.410 e. The van der Waals surface area contributed by atoms with Crippen molar-refractivity contribution in [3.05, 3.63) is 97.1 Å². The summed E-state index contributed by atoms with van der Waals surface area (Å²) in [5, 5.41) is 24.7. The minimum atomic E-state index is -1.46. The number of nitrogens with zero attached hydrogens (tertiary/aromatic N) is 2. The van der Waals surface area contributed by atoms with Crippen molar-refractivity contribution in [2.75, 3.05) is 39.8 Å². The first-order valence-corrected chi connectivity index (χ1v) is 21.0. The third-order valence-corrected chi connectivity index (χ3v) is 11.4. The average Bonchev–Trinajstić information content (AvgIpc) is 3.70. The van der Waals surface area contributed by atoms with Crippen LogP contribution in [-0.2, 0) is 20.9 Å². The van der Waals surface area contributed by atoms with Gasteiger partial charge in [0.25, 0.3) is 0 Å². The molecule has 2 aliphatic heterocycles. The number of hydrogen-bond acceptors (Lipinski definition) is 11. The fourth-order valence-electron chi connectivity index (χ4n) is 8.94. The average molecular weight is 815 g/mol. The zero-order chi connectivity index (χ0) is 42.0. The number of unbranched alkanes of at least 4 members (excludes halogenated alkanes) is 2. The van der Waals surface area contributed by atoms with E-state index in [9.17, 15) is 15.0 Å². The predicted molar refractivity (Wildman–Crippen MR) is 226 cm³/mol. The van der Waals surface area contributed by atoms with Crippen LogP contribution in [0.15, 0.2) is 91.2 Å². The van der Waals surface area contributed by atoms with Crippen LogP contribution in [-0.4, -0.2) is 84.2 Å². The van der Waals surface area contributed by atoms with Crippen LogP contribution >= 0.6 is 0 Å². The molecule has 1 amide bonds. The molecule has 59 heavy (non-hydrogen) atoms. The quantitative estimate of drug-likeness (QED) is 0.0716. The van der Waals surface area contributed by atoms with E-state index in [-0.39, 0.29) is 63.9 Å². The summed E-state index contributed by atoms with van der Waals surface area (Å²) in [5.74, 6) is 0.531. The van der Waals surface area contributed by atoms with Crippen molar-refractivity contribution in [1.82, 2.24) is 4.90 Å². The largest absolute Gasteiger partial charge is 0.490 e. The van der Waals surface area contributed by atoms with Gasteiger partial charge in [0.05, 0.1) is 24.8 Å². The van der Waals surface area contributed by atoms with Gasteiger partial charge in [-0.25, -0.2) is 4.79 Å². The van der Waals surface area contributed by atoms with Crippen molar-refractivity contribution in [3.63, 3.8) is 0 Å². The second kappa shape index (κ2) is 20.0. The summed E-state index contributed by atoms with van der Waals surface area (Å²) in [6, 6.07) is 10.7. The molecule has 6 unspecified atom stereocenters. The van der Waals surface area contributed by atoms with E-state index < -0.39 is 29.4 Å². The third-order valence-electron chi connectivity index (χ3n) is 11.4. The molecule has 0 radical (unpaired) electrons. The Hall–Kier alpha value is -4.78. The van der Waals surface area contributed by atoms with Gasteiger partial charge in [-0.15, -0.1) is 13.2 Å². The number of ether oxygens (including phenoxy) is 6. The molecule has 6 atom stereocenters. The highest BCUT2D eigenvalue weighted by Crippen LogP contribution is 2.62. The fourth-order valence-corrected chi connectivity index (χ4v) is 8.94. The molecule has 320 valence electrons. The van der Waals surface area contributed by atoms with Crippen molar-refractivity contribution < 1.29 is 48.3 Å². The highest BCUT2D eigenvalue weighted by atomic mass is 16.7. The second-order valence-corrected chi connectivity index (χ2v) is 16.6. The molecule has 2 N–H and O–H groups in total. The van der Waals surface area contributed by atoms with Gasteiger partial charge >= 0.3 is 6.09 Å². The lowest BCUT2D eigenvalue weighted by molar-refractivity contribution is -0.256. The van der Waals surface area contributed by atoms with Gasteiger partial charge in [0.1, 0.15) is 29.7 Å². The highest BCUT2D eigenvalue weighted by Gasteiger charge is 2.65. The standard InChI is InChI=1S/C47H62N2O10/c1-7-10-25-54-45(52)49(30-32-17-19-40-41(26-32)56-31-55-40)42-29-38(48-59-46(4,5)6)36-27-33(15-11-13-21-50)35(16-12-14-22-51)43-37-28-34(53-23-8-2)18-20-39(37)58-47(42,44(36)43)57-24-9-3/h7-9,17-20,26-28,33,35,42-44,50-51H,1-3,10-16,21-25,29-31H2,4-6H3. The van der Waals surface area contributed by atoms with E-state index in [2.05, 4.69) is 31.9 Å². The number of oxime groups is 1. The summed E-state index contributed by atoms with van der Waals surface area (Å²) in [5.41, 5.74) is 2.79. The lowest BCUT2D eigenvalue weighted by Gasteiger charge is -2.60. The molecule has 2 aliphatic carbocycles. The first-order valence-electron chi connectivity index (χ1n) is 21.0. The molecule has 0 bridgehead atoms. The Morgan fingerprint density at radius 2 is 1.69 bits per heavy atom. The first kappa shape index (κ1) is 43.8. The van der Waals surface area contributed by atoms with E-state index in [1.807, 2.05) is 51.1 Å². The lowest BCUT2D eigenvalue weighted by Crippen LogP contribution is -2.70. The van der Waals surface area contributed by atoms with Crippen molar-refractivity contribution in [2.45, 2.75) is 102 Å². The molecule has 1 fully saturated rings. The number of carbonyl (C=O) groups excluding carboxylic acids is 1. The summed E-state index contributed by atoms with van der Waals surface area (Å²) >= 11 is 0. The van der Waals surface area contributed by atoms with Gasteiger partial charge in [-0.3, -0.25) is 4.90 Å². The van der Waals surface area contributed by atoms with Crippen molar-refractivity contribution in [1.29, 1.82) is 0 Å². The van der Waals surface area contributed by atoms with Gasteiger partial charge in [0.2, 0.25) is 12.6 Å². The molecule has 2 heterocycles. The minimum absolute atomic E-state index is 0.0587. The predicted octanol–water partition coefficient (Wildman–Crippen LogP) is 8.63. The molecule has 4 aliphatic rings. The van der Waals surface area contributed by atoms with Gasteiger partial charge in [0.15, 0.2) is 11.5 Å². The Morgan fingerprint density at radius 1 is 0.949 bits per heavy atom. The maximum absolute atomic E-state index is 14.7. The molecule has 6 rings (SSSR count). The number of carbonyl (C=O) groups is 1. The van der Waals surface area contributed by atoms with Gasteiger partial charge in [0, 0.05) is 37.7 Å². The molecule has 12 nitrogen and oxygen atoms in total. The molecule has 2 aromatic rings. The van der Waals surface area contributed by atoms with Crippen molar-refractivity contribution >= 4 is 11.8 Å². The number of aliphatic hydroxyl groups is 2. The van der Waals surface area contributed by atoms with Crippen LogP contribution in [0.4, 0.5) is 4.79 Å². The lowest BCUT2D eigenvalue weighted by atomic mass is 9.55. The monoisotopic (exact) mass is 814 g/mol. The fraction of sp³-hybridized carbons (Fsp3) is 0.532. The van der Waals surface area contributed by atoms with Crippen LogP contribution in [0.2, 0.25) is 0 Å². The summed E-state index contributed by atoms with van der Waals surface area (Å²) in [6.07, 6.45) is 12.2. The normalized spacial score (nSPS) is 24.5. The van der Waals surface area contributed by atoms with Crippen LogP contribution in [0.3, 0.4) is 0 Å². The van der Waals surface area contributed by atoms with E-state index in [0.717, 1.165) is 42.4 Å². The van der Waals surface area contributed by atoms with Crippen LogP contribution in [0.25, 0.3) is 0 Å². The summed E-state index contributed by atoms with van der Waals surface area (Å²) in [4.78, 5) is 22.6. The Kier molecular flexibility index (Phi) is 14.8. The molecular weight excluding hydrogens is 753 g/mol. The maximum atomic E-state index is 14.7. The van der Waals surface area contributed by atoms with Crippen LogP contribution in [0.1, 0.15) is 89.2 Å². The first-order chi connectivity index (χ1) is 28.6. The smallest absolute Gasteiger partial charge is 0.410 e. The molecule has 12 heteroatoms. The van der Waals surface area contributed by atoms with Crippen molar-refractivity contribution in [3.8, 4) is 23.0 Å². The number of benzene rings is 2. The zero-order valence-electron chi connectivity index (χ0n) is 34.9. The Balaban J connectivity index is 1.61. The van der Waals surface area contributed by atoms with Gasteiger partial charge in [-0.2, -0.15) is 0 Å². The Bertz CT molecular complexity index is 1850. The van der Waals surface area contributed by atoms with E-state index in [1.54, 1.807) is 23.1 Å². The van der Waals surface area contributed by atoms with Crippen LogP contribution in [0.5, 0.6) is 23.0 Å². The molecule has 1 saturated carbocycles. The van der Waals surface area contributed by atoms with Gasteiger partial charge in [-0.05, 0) is 106 Å². The number of hydrogen-bond donors (Lipinski definition) is 2. The number of amides is 1. The summed E-state index contributed by atoms with van der Waals surface area (Å²) in [6.45, 7) is 18.6. The van der Waals surface area contributed by atoms with E-state index in [0.29, 0.717) is 54.6 Å². The molecule has 0 saturated heterocycles. The van der Waals surface area contributed by atoms with Crippen molar-refractivity contribution in [2.24, 2.45) is 22.9 Å². The number of allylic oxidation sites excluding steroid dienone is 1. The summed E-state index contributed by atoms with van der Waals surface area (Å²) < 4.78 is 37.9.